The van der Waals surface area contributed by atoms with Gasteiger partial charge in [-0.25, -0.2) is 4.99 Å². The van der Waals surface area contributed by atoms with E-state index in [9.17, 15) is 0 Å². The molecule has 1 aliphatic heterocycles. The lowest BCUT2D eigenvalue weighted by molar-refractivity contribution is -0.127. The molecule has 1 saturated heterocycles. The number of carbonyl (C=O) groups is 1. The second kappa shape index (κ2) is 15.6. The Morgan fingerprint density at radius 3 is 2.47 bits per heavy atom. The number of aliphatic hydroxyl groups is 3. The molecule has 2 unspecified atom stereocenters. The Kier molecular flexibility index (Phi) is 14.4. The summed E-state index contributed by atoms with van der Waals surface area (Å²) in [5.74, 6) is -0.874. The minimum atomic E-state index is -1.50. The smallest absolute Gasteiger partial charge is 0.290 e. The van der Waals surface area contributed by atoms with Crippen molar-refractivity contribution in [2.45, 2.75) is 70.9 Å². The standard InChI is InChI=1S/C16H26N4O2.C3H8O2.CH2O2/c1-2-3-4-9-18-16(19-11-17)14-7-6-13(20-14)15-8-5-12(10-21)22-15;1-3(2,4)5;2-1-3/h6-7,11-12,15,20-21H,2-5,8-10H2,1H3,(H2,17,18,19);4-5H,1-2H3;1H,(H,2,3). The number of nitrogens with two attached hydrogens (primary N) is 1. The lowest BCUT2D eigenvalue weighted by Gasteiger charge is -2.10. The topological polar surface area (TPSA) is 174 Å². The summed E-state index contributed by atoms with van der Waals surface area (Å²) in [5.41, 5.74) is 7.27. The van der Waals surface area contributed by atoms with Crippen molar-refractivity contribution in [3.8, 4) is 0 Å². The molecule has 1 fully saturated rings. The molecule has 2 heterocycles. The molecule has 0 saturated carbocycles. The Morgan fingerprint density at radius 2 is 1.97 bits per heavy atom. The highest BCUT2D eigenvalue weighted by Crippen LogP contribution is 2.32. The largest absolute Gasteiger partial charge is 0.483 e. The van der Waals surface area contributed by atoms with E-state index in [1.165, 1.54) is 26.6 Å². The number of hydrogen-bond acceptors (Lipinski definition) is 6. The molecule has 30 heavy (non-hydrogen) atoms. The lowest BCUT2D eigenvalue weighted by atomic mass is 10.1. The molecule has 0 aromatic carbocycles. The maximum Gasteiger partial charge on any atom is 0.290 e. The van der Waals surface area contributed by atoms with E-state index in [0.29, 0.717) is 5.84 Å². The molecular formula is C20H36N4O6. The SMILES string of the molecule is CC(C)(O)O.CCCCCN=C(N=CN)c1ccc(C2CCC(CO)O2)[nH]1.O=CO. The summed E-state index contributed by atoms with van der Waals surface area (Å²) >= 11 is 0. The molecular weight excluding hydrogens is 392 g/mol. The summed E-state index contributed by atoms with van der Waals surface area (Å²) in [6, 6.07) is 3.95. The van der Waals surface area contributed by atoms with Crippen molar-refractivity contribution in [2.24, 2.45) is 15.7 Å². The number of hydrogen-bond donors (Lipinski definition) is 6. The highest BCUT2D eigenvalue weighted by molar-refractivity contribution is 6.01. The first-order valence-corrected chi connectivity index (χ1v) is 9.96. The number of aliphatic imine (C=N–C) groups is 2. The molecule has 1 aromatic heterocycles. The zero-order valence-corrected chi connectivity index (χ0v) is 18.0. The molecule has 7 N–H and O–H groups in total. The average Bonchev–Trinajstić information content (AvgIpc) is 3.32. The average molecular weight is 429 g/mol. The van der Waals surface area contributed by atoms with Crippen LogP contribution in [0.4, 0.5) is 0 Å². The van der Waals surface area contributed by atoms with Gasteiger partial charge in [0, 0.05) is 12.2 Å². The van der Waals surface area contributed by atoms with Crippen molar-refractivity contribution in [1.29, 1.82) is 0 Å². The number of ether oxygens (including phenoxy) is 1. The molecule has 2 rings (SSSR count). The summed E-state index contributed by atoms with van der Waals surface area (Å²) in [6.07, 6.45) is 6.41. The lowest BCUT2D eigenvalue weighted by Crippen LogP contribution is -2.15. The highest BCUT2D eigenvalue weighted by atomic mass is 16.5. The van der Waals surface area contributed by atoms with Gasteiger partial charge in [-0.2, -0.15) is 0 Å². The molecule has 172 valence electrons. The Morgan fingerprint density at radius 1 is 1.33 bits per heavy atom. The third kappa shape index (κ3) is 13.0. The van der Waals surface area contributed by atoms with Gasteiger partial charge in [0.25, 0.3) is 6.47 Å². The van der Waals surface area contributed by atoms with Crippen LogP contribution in [0.2, 0.25) is 0 Å². The van der Waals surface area contributed by atoms with E-state index in [-0.39, 0.29) is 25.3 Å². The second-order valence-corrected chi connectivity index (χ2v) is 7.12. The van der Waals surface area contributed by atoms with Crippen LogP contribution in [0.3, 0.4) is 0 Å². The van der Waals surface area contributed by atoms with E-state index in [1.54, 1.807) is 0 Å². The van der Waals surface area contributed by atoms with Crippen LogP contribution in [0.15, 0.2) is 22.1 Å². The molecule has 0 radical (unpaired) electrons. The number of aliphatic hydroxyl groups excluding tert-OH is 1. The number of aromatic amines is 1. The van der Waals surface area contributed by atoms with Gasteiger partial charge in [-0.05, 0) is 45.2 Å². The Labute approximate surface area is 177 Å². The van der Waals surface area contributed by atoms with E-state index < -0.39 is 5.79 Å². The van der Waals surface area contributed by atoms with Gasteiger partial charge in [-0.3, -0.25) is 9.79 Å². The third-order valence-corrected chi connectivity index (χ3v) is 3.83. The molecule has 0 aliphatic carbocycles. The van der Waals surface area contributed by atoms with Gasteiger partial charge in [0.2, 0.25) is 0 Å². The summed E-state index contributed by atoms with van der Waals surface area (Å²) in [6.45, 7) is 5.34. The van der Waals surface area contributed by atoms with Gasteiger partial charge in [0.05, 0.1) is 30.8 Å². The molecule has 0 bridgehead atoms. The normalized spacial score (nSPS) is 19.1. The predicted octanol–water partition coefficient (Wildman–Crippen LogP) is 1.56. The number of amidine groups is 1. The molecule has 0 amide bonds. The number of unbranched alkanes of at least 4 members (excludes halogenated alkanes) is 2. The van der Waals surface area contributed by atoms with Crippen LogP contribution in [0.25, 0.3) is 0 Å². The first kappa shape index (κ1) is 27.7. The van der Waals surface area contributed by atoms with Gasteiger partial charge in [0.1, 0.15) is 0 Å². The van der Waals surface area contributed by atoms with E-state index in [0.717, 1.165) is 43.6 Å². The maximum absolute atomic E-state index is 9.15. The van der Waals surface area contributed by atoms with Gasteiger partial charge in [0.15, 0.2) is 11.6 Å². The van der Waals surface area contributed by atoms with Crippen LogP contribution in [0.1, 0.15) is 70.4 Å². The first-order chi connectivity index (χ1) is 14.2. The molecule has 10 nitrogen and oxygen atoms in total. The fourth-order valence-corrected chi connectivity index (χ4v) is 2.61. The van der Waals surface area contributed by atoms with Crippen molar-refractivity contribution in [1.82, 2.24) is 4.98 Å². The van der Waals surface area contributed by atoms with Crippen molar-refractivity contribution in [3.05, 3.63) is 23.5 Å². The van der Waals surface area contributed by atoms with E-state index >= 15 is 0 Å². The first-order valence-electron chi connectivity index (χ1n) is 9.96. The molecule has 2 atom stereocenters. The number of nitrogens with zero attached hydrogens (tertiary/aromatic N) is 2. The van der Waals surface area contributed by atoms with Gasteiger partial charge in [-0.15, -0.1) is 0 Å². The van der Waals surface area contributed by atoms with Crippen molar-refractivity contribution in [2.75, 3.05) is 13.2 Å². The number of carboxylic acid groups (broad SMARTS) is 1. The second-order valence-electron chi connectivity index (χ2n) is 7.12. The minimum Gasteiger partial charge on any atom is -0.483 e. The molecule has 0 spiro atoms. The monoisotopic (exact) mass is 428 g/mol. The maximum atomic E-state index is 9.15. The number of H-pyrrole nitrogens is 1. The van der Waals surface area contributed by atoms with Gasteiger partial charge < -0.3 is 35.9 Å². The van der Waals surface area contributed by atoms with Crippen LogP contribution in [-0.4, -0.2) is 69.1 Å². The predicted molar refractivity (Wildman–Crippen MR) is 116 cm³/mol. The van der Waals surface area contributed by atoms with Crippen LogP contribution in [-0.2, 0) is 9.53 Å². The number of nitrogens with one attached hydrogen (secondary N) is 1. The fraction of sp³-hybridized carbons (Fsp3) is 0.650. The Balaban J connectivity index is 0.000000902. The summed E-state index contributed by atoms with van der Waals surface area (Å²) < 4.78 is 5.78. The Hall–Kier alpha value is -2.27. The molecule has 1 aromatic rings. The van der Waals surface area contributed by atoms with E-state index in [4.69, 9.17) is 35.7 Å². The van der Waals surface area contributed by atoms with Crippen LogP contribution in [0.5, 0.6) is 0 Å². The van der Waals surface area contributed by atoms with Crippen LogP contribution < -0.4 is 5.73 Å². The van der Waals surface area contributed by atoms with Crippen LogP contribution in [0, 0.1) is 0 Å². The van der Waals surface area contributed by atoms with Crippen molar-refractivity contribution >= 4 is 18.6 Å². The highest BCUT2D eigenvalue weighted by Gasteiger charge is 2.27. The minimum absolute atomic E-state index is 0.00842. The van der Waals surface area contributed by atoms with Gasteiger partial charge in [-0.1, -0.05) is 19.8 Å². The van der Waals surface area contributed by atoms with Crippen LogP contribution >= 0.6 is 0 Å². The number of aromatic nitrogens is 1. The summed E-state index contributed by atoms with van der Waals surface area (Å²) in [5, 5.41) is 32.2. The zero-order valence-electron chi connectivity index (χ0n) is 18.0. The summed E-state index contributed by atoms with van der Waals surface area (Å²) in [7, 11) is 0. The van der Waals surface area contributed by atoms with Crippen molar-refractivity contribution in [3.63, 3.8) is 0 Å². The fourth-order valence-electron chi connectivity index (χ4n) is 2.61. The number of rotatable bonds is 7. The van der Waals surface area contributed by atoms with Gasteiger partial charge >= 0.3 is 0 Å². The van der Waals surface area contributed by atoms with Crippen molar-refractivity contribution < 1.29 is 30.0 Å². The third-order valence-electron chi connectivity index (χ3n) is 3.83. The van der Waals surface area contributed by atoms with E-state index in [2.05, 4.69) is 21.9 Å². The summed E-state index contributed by atoms with van der Waals surface area (Å²) in [4.78, 5) is 20.4. The molecule has 10 heteroatoms. The zero-order chi connectivity index (χ0) is 23.0. The Bertz CT molecular complexity index is 633. The quantitative estimate of drug-likeness (QED) is 0.126. The molecule has 1 aliphatic rings. The van der Waals surface area contributed by atoms with E-state index in [1.807, 2.05) is 12.1 Å².